The maximum Gasteiger partial charge on any atom is 0.239 e. The van der Waals surface area contributed by atoms with Crippen molar-refractivity contribution in [3.8, 4) is 0 Å². The molecule has 1 aliphatic rings. The van der Waals surface area contributed by atoms with Gasteiger partial charge in [0.15, 0.2) is 0 Å². The summed E-state index contributed by atoms with van der Waals surface area (Å²) in [4.78, 5) is 13.5. The van der Waals surface area contributed by atoms with Gasteiger partial charge in [0.2, 0.25) is 5.91 Å². The van der Waals surface area contributed by atoms with E-state index in [4.69, 9.17) is 11.6 Å². The Morgan fingerprint density at radius 3 is 3.06 bits per heavy atom. The standard InChI is InChI=1S/C12H16ClN3O/c1-14-7-9-3-2-4-10(13)12(9)16-6-5-15-11(17)8-16/h2-4,14H,5-8H2,1H3,(H,15,17). The van der Waals surface area contributed by atoms with Gasteiger partial charge in [0, 0.05) is 19.6 Å². The number of piperazine rings is 1. The molecule has 1 aliphatic heterocycles. The Morgan fingerprint density at radius 2 is 2.35 bits per heavy atom. The molecular formula is C12H16ClN3O. The molecule has 1 heterocycles. The third-order valence-electron chi connectivity index (χ3n) is 2.79. The number of benzene rings is 1. The molecule has 2 N–H and O–H groups in total. The highest BCUT2D eigenvalue weighted by Gasteiger charge is 2.20. The van der Waals surface area contributed by atoms with E-state index in [9.17, 15) is 4.79 Å². The molecule has 0 atom stereocenters. The van der Waals surface area contributed by atoms with Crippen molar-refractivity contribution in [1.29, 1.82) is 0 Å². The van der Waals surface area contributed by atoms with Crippen molar-refractivity contribution in [1.82, 2.24) is 10.6 Å². The molecule has 0 aromatic heterocycles. The van der Waals surface area contributed by atoms with Crippen molar-refractivity contribution in [2.24, 2.45) is 0 Å². The quantitative estimate of drug-likeness (QED) is 0.845. The maximum atomic E-state index is 11.4. The topological polar surface area (TPSA) is 44.4 Å². The van der Waals surface area contributed by atoms with Crippen LogP contribution >= 0.6 is 11.6 Å². The lowest BCUT2D eigenvalue weighted by molar-refractivity contribution is -0.120. The van der Waals surface area contributed by atoms with Crippen LogP contribution in [-0.2, 0) is 11.3 Å². The molecule has 1 amide bonds. The van der Waals surface area contributed by atoms with Gasteiger partial charge in [-0.1, -0.05) is 23.7 Å². The maximum absolute atomic E-state index is 11.4. The minimum absolute atomic E-state index is 0.0478. The van der Waals surface area contributed by atoms with Gasteiger partial charge in [-0.3, -0.25) is 4.79 Å². The van der Waals surface area contributed by atoms with Crippen molar-refractivity contribution in [3.63, 3.8) is 0 Å². The molecule has 0 spiro atoms. The predicted octanol–water partition coefficient (Wildman–Crippen LogP) is 0.996. The average molecular weight is 254 g/mol. The third-order valence-corrected chi connectivity index (χ3v) is 3.10. The summed E-state index contributed by atoms with van der Waals surface area (Å²) in [5.74, 6) is 0.0478. The van der Waals surface area contributed by atoms with Crippen LogP contribution in [-0.4, -0.2) is 32.6 Å². The Labute approximate surface area is 106 Å². The number of hydrogen-bond acceptors (Lipinski definition) is 3. The van der Waals surface area contributed by atoms with Crippen LogP contribution < -0.4 is 15.5 Å². The van der Waals surface area contributed by atoms with Gasteiger partial charge in [-0.05, 0) is 18.7 Å². The van der Waals surface area contributed by atoms with Crippen LogP contribution in [0, 0.1) is 0 Å². The first kappa shape index (κ1) is 12.2. The number of anilines is 1. The number of para-hydroxylation sites is 1. The van der Waals surface area contributed by atoms with Crippen LogP contribution in [0.3, 0.4) is 0 Å². The van der Waals surface area contributed by atoms with E-state index in [0.717, 1.165) is 24.3 Å². The summed E-state index contributed by atoms with van der Waals surface area (Å²) in [5, 5.41) is 6.63. The lowest BCUT2D eigenvalue weighted by Crippen LogP contribution is -2.48. The van der Waals surface area contributed by atoms with E-state index in [1.165, 1.54) is 0 Å². The van der Waals surface area contributed by atoms with Crippen LogP contribution in [0.15, 0.2) is 18.2 Å². The number of hydrogen-bond donors (Lipinski definition) is 2. The fourth-order valence-electron chi connectivity index (χ4n) is 2.08. The summed E-state index contributed by atoms with van der Waals surface area (Å²) < 4.78 is 0. The summed E-state index contributed by atoms with van der Waals surface area (Å²) in [6.45, 7) is 2.59. The Morgan fingerprint density at radius 1 is 1.53 bits per heavy atom. The summed E-state index contributed by atoms with van der Waals surface area (Å²) in [6.07, 6.45) is 0. The van der Waals surface area contributed by atoms with Crippen LogP contribution in [0.5, 0.6) is 0 Å². The molecular weight excluding hydrogens is 238 g/mol. The Hall–Kier alpha value is -1.26. The first-order valence-electron chi connectivity index (χ1n) is 5.66. The number of rotatable bonds is 3. The van der Waals surface area contributed by atoms with E-state index in [0.29, 0.717) is 18.1 Å². The molecule has 17 heavy (non-hydrogen) atoms. The van der Waals surface area contributed by atoms with Crippen molar-refractivity contribution >= 4 is 23.2 Å². The fraction of sp³-hybridized carbons (Fsp3) is 0.417. The summed E-state index contributed by atoms with van der Waals surface area (Å²) in [7, 11) is 1.90. The summed E-state index contributed by atoms with van der Waals surface area (Å²) in [6, 6.07) is 5.83. The highest BCUT2D eigenvalue weighted by molar-refractivity contribution is 6.33. The van der Waals surface area contributed by atoms with Gasteiger partial charge in [0.05, 0.1) is 17.3 Å². The Balaban J connectivity index is 2.31. The number of nitrogens with zero attached hydrogens (tertiary/aromatic N) is 1. The molecule has 0 unspecified atom stereocenters. The Kier molecular flexibility index (Phi) is 3.86. The molecule has 0 radical (unpaired) electrons. The highest BCUT2D eigenvalue weighted by atomic mass is 35.5. The van der Waals surface area contributed by atoms with Crippen LogP contribution in [0.25, 0.3) is 0 Å². The summed E-state index contributed by atoms with van der Waals surface area (Å²) in [5.41, 5.74) is 2.09. The molecule has 1 aromatic carbocycles. The van der Waals surface area contributed by atoms with Crippen molar-refractivity contribution in [3.05, 3.63) is 28.8 Å². The first-order chi connectivity index (χ1) is 8.22. The smallest absolute Gasteiger partial charge is 0.239 e. The van der Waals surface area contributed by atoms with E-state index in [1.54, 1.807) is 0 Å². The second kappa shape index (κ2) is 5.38. The molecule has 5 heteroatoms. The van der Waals surface area contributed by atoms with Crippen molar-refractivity contribution in [2.45, 2.75) is 6.54 Å². The van der Waals surface area contributed by atoms with Crippen LogP contribution in [0.4, 0.5) is 5.69 Å². The average Bonchev–Trinajstić information content (AvgIpc) is 2.29. The lowest BCUT2D eigenvalue weighted by Gasteiger charge is -2.31. The predicted molar refractivity (Wildman–Crippen MR) is 69.4 cm³/mol. The van der Waals surface area contributed by atoms with Gasteiger partial charge >= 0.3 is 0 Å². The normalized spacial score (nSPS) is 15.9. The van der Waals surface area contributed by atoms with Gasteiger partial charge < -0.3 is 15.5 Å². The van der Waals surface area contributed by atoms with Crippen LogP contribution in [0.2, 0.25) is 5.02 Å². The van der Waals surface area contributed by atoms with Gasteiger partial charge in [0.25, 0.3) is 0 Å². The third kappa shape index (κ3) is 2.70. The largest absolute Gasteiger partial charge is 0.359 e. The van der Waals surface area contributed by atoms with E-state index < -0.39 is 0 Å². The molecule has 4 nitrogen and oxygen atoms in total. The molecule has 0 aliphatic carbocycles. The number of carbonyl (C=O) groups is 1. The van der Waals surface area contributed by atoms with Crippen LogP contribution in [0.1, 0.15) is 5.56 Å². The number of carbonyl (C=O) groups excluding carboxylic acids is 1. The zero-order valence-corrected chi connectivity index (χ0v) is 10.5. The molecule has 0 bridgehead atoms. The molecule has 92 valence electrons. The summed E-state index contributed by atoms with van der Waals surface area (Å²) >= 11 is 6.25. The fourth-order valence-corrected chi connectivity index (χ4v) is 2.39. The zero-order valence-electron chi connectivity index (χ0n) is 9.79. The van der Waals surface area contributed by atoms with E-state index in [1.807, 2.05) is 30.1 Å². The molecule has 1 saturated heterocycles. The van der Waals surface area contributed by atoms with E-state index in [-0.39, 0.29) is 5.91 Å². The van der Waals surface area contributed by atoms with Crippen molar-refractivity contribution in [2.75, 3.05) is 31.6 Å². The molecule has 0 saturated carbocycles. The SMILES string of the molecule is CNCc1cccc(Cl)c1N1CCNC(=O)C1. The van der Waals surface area contributed by atoms with Crippen molar-refractivity contribution < 1.29 is 4.79 Å². The van der Waals surface area contributed by atoms with E-state index >= 15 is 0 Å². The number of halogens is 1. The Bertz CT molecular complexity index is 422. The second-order valence-electron chi connectivity index (χ2n) is 4.05. The number of amides is 1. The minimum atomic E-state index is 0.0478. The molecule has 2 rings (SSSR count). The number of nitrogens with one attached hydrogen (secondary N) is 2. The van der Waals surface area contributed by atoms with Gasteiger partial charge in [-0.2, -0.15) is 0 Å². The van der Waals surface area contributed by atoms with Gasteiger partial charge in [-0.15, -0.1) is 0 Å². The van der Waals surface area contributed by atoms with E-state index in [2.05, 4.69) is 10.6 Å². The highest BCUT2D eigenvalue weighted by Crippen LogP contribution is 2.30. The zero-order chi connectivity index (χ0) is 12.3. The van der Waals surface area contributed by atoms with Gasteiger partial charge in [0.1, 0.15) is 0 Å². The van der Waals surface area contributed by atoms with Gasteiger partial charge in [-0.25, -0.2) is 0 Å². The minimum Gasteiger partial charge on any atom is -0.359 e. The monoisotopic (exact) mass is 253 g/mol. The molecule has 1 aromatic rings. The second-order valence-corrected chi connectivity index (χ2v) is 4.46. The first-order valence-corrected chi connectivity index (χ1v) is 6.04. The molecule has 1 fully saturated rings. The lowest BCUT2D eigenvalue weighted by atomic mass is 10.1.